The zero-order chi connectivity index (χ0) is 24.6. The molecule has 2 bridgehead atoms. The molecule has 194 valence electrons. The minimum absolute atomic E-state index is 0.0244. The summed E-state index contributed by atoms with van der Waals surface area (Å²) >= 11 is 1.55. The van der Waals surface area contributed by atoms with Gasteiger partial charge in [0.2, 0.25) is 11.8 Å². The standard InChI is InChI=1S/C29H40N4O2S/c1-20(30-36-25-9-3-2-4-10-25)32-15-13-31(14-16-32)18-23-7-5-6-8-24(23)19-33-28(34)26-21-11-12-22(17-21)27(26)29(33)35/h2-4,9-10,21-24,26-27H,5-8,11-19H2,1H3/b30-20+/t21-,22-,23+,24+,26-,27+/m1/s1. The normalized spacial score (nSPS) is 35.1. The van der Waals surface area contributed by atoms with E-state index >= 15 is 0 Å². The maximum absolute atomic E-state index is 13.3. The van der Waals surface area contributed by atoms with Crippen LogP contribution >= 0.6 is 11.9 Å². The van der Waals surface area contributed by atoms with Crippen LogP contribution in [0.25, 0.3) is 0 Å². The zero-order valence-corrected chi connectivity index (χ0v) is 22.4. The summed E-state index contributed by atoms with van der Waals surface area (Å²) in [5.41, 5.74) is 0. The smallest absolute Gasteiger partial charge is 0.233 e. The first-order valence-electron chi connectivity index (χ1n) is 14.2. The Labute approximate surface area is 220 Å². The maximum Gasteiger partial charge on any atom is 0.233 e. The number of rotatable bonds is 6. The lowest BCUT2D eigenvalue weighted by molar-refractivity contribution is -0.142. The van der Waals surface area contributed by atoms with Crippen molar-refractivity contribution in [1.82, 2.24) is 14.7 Å². The summed E-state index contributed by atoms with van der Waals surface area (Å²) in [5, 5.41) is 0. The molecule has 0 unspecified atom stereocenters. The molecule has 2 aliphatic heterocycles. The third-order valence-electron chi connectivity index (χ3n) is 9.85. The number of benzene rings is 1. The fraction of sp³-hybridized carbons (Fsp3) is 0.690. The highest BCUT2D eigenvalue weighted by atomic mass is 32.2. The van der Waals surface area contributed by atoms with Gasteiger partial charge in [-0.05, 0) is 74.8 Å². The summed E-state index contributed by atoms with van der Waals surface area (Å²) in [6, 6.07) is 10.3. The molecule has 5 aliphatic rings. The number of carbonyl (C=O) groups is 2. The highest BCUT2D eigenvalue weighted by Crippen LogP contribution is 2.56. The van der Waals surface area contributed by atoms with E-state index in [0.29, 0.717) is 30.2 Å². The first-order valence-corrected chi connectivity index (χ1v) is 14.9. The summed E-state index contributed by atoms with van der Waals surface area (Å²) in [7, 11) is 0. The van der Waals surface area contributed by atoms with Crippen LogP contribution in [-0.2, 0) is 9.59 Å². The molecule has 1 aromatic carbocycles. The molecule has 36 heavy (non-hydrogen) atoms. The summed E-state index contributed by atoms with van der Waals surface area (Å²) in [4.78, 5) is 34.5. The van der Waals surface area contributed by atoms with E-state index in [1.54, 1.807) is 16.8 Å². The van der Waals surface area contributed by atoms with Crippen LogP contribution in [0.4, 0.5) is 0 Å². The zero-order valence-electron chi connectivity index (χ0n) is 21.6. The van der Waals surface area contributed by atoms with Gasteiger partial charge in [-0.3, -0.25) is 19.4 Å². The van der Waals surface area contributed by atoms with Gasteiger partial charge < -0.3 is 4.90 Å². The molecular formula is C29H40N4O2S. The van der Waals surface area contributed by atoms with Crippen molar-refractivity contribution < 1.29 is 9.59 Å². The Kier molecular flexibility index (Phi) is 7.13. The van der Waals surface area contributed by atoms with Crippen LogP contribution in [0.2, 0.25) is 0 Å². The van der Waals surface area contributed by atoms with Crippen molar-refractivity contribution in [2.45, 2.75) is 56.8 Å². The number of likely N-dealkylation sites (tertiary alicyclic amines) is 1. The van der Waals surface area contributed by atoms with Gasteiger partial charge in [-0.1, -0.05) is 31.0 Å². The van der Waals surface area contributed by atoms with Gasteiger partial charge in [0.05, 0.1) is 11.8 Å². The average molecular weight is 509 g/mol. The second-order valence-electron chi connectivity index (χ2n) is 11.8. The number of hydrogen-bond donors (Lipinski definition) is 0. The van der Waals surface area contributed by atoms with Crippen molar-refractivity contribution in [3.8, 4) is 0 Å². The van der Waals surface area contributed by atoms with Crippen molar-refractivity contribution in [1.29, 1.82) is 0 Å². The van der Waals surface area contributed by atoms with Crippen molar-refractivity contribution in [3.05, 3.63) is 30.3 Å². The maximum atomic E-state index is 13.3. The molecule has 7 heteroatoms. The minimum atomic E-state index is 0.0244. The minimum Gasteiger partial charge on any atom is -0.357 e. The van der Waals surface area contributed by atoms with E-state index in [1.165, 1.54) is 24.2 Å². The fourth-order valence-corrected chi connectivity index (χ4v) is 8.53. The lowest BCUT2D eigenvalue weighted by Crippen LogP contribution is -2.50. The Hall–Kier alpha value is -1.86. The molecule has 6 rings (SSSR count). The quantitative estimate of drug-likeness (QED) is 0.244. The molecule has 0 aromatic heterocycles. The van der Waals surface area contributed by atoms with E-state index in [0.717, 1.165) is 64.2 Å². The summed E-state index contributed by atoms with van der Waals surface area (Å²) < 4.78 is 4.75. The molecule has 0 spiro atoms. The Morgan fingerprint density at radius 1 is 0.861 bits per heavy atom. The topological polar surface area (TPSA) is 56.2 Å². The first-order chi connectivity index (χ1) is 17.6. The van der Waals surface area contributed by atoms with Crippen LogP contribution in [0.1, 0.15) is 51.9 Å². The van der Waals surface area contributed by atoms with Gasteiger partial charge in [-0.2, -0.15) is 4.40 Å². The first kappa shape index (κ1) is 24.5. The third kappa shape index (κ3) is 4.73. The average Bonchev–Trinajstić information content (AvgIpc) is 3.60. The van der Waals surface area contributed by atoms with E-state index in [4.69, 9.17) is 4.40 Å². The van der Waals surface area contributed by atoms with Crippen molar-refractivity contribution in [2.24, 2.45) is 39.9 Å². The van der Waals surface area contributed by atoms with Crippen molar-refractivity contribution in [2.75, 3.05) is 39.3 Å². The van der Waals surface area contributed by atoms with E-state index in [1.807, 2.05) is 6.07 Å². The van der Waals surface area contributed by atoms with Gasteiger partial charge in [0, 0.05) is 56.1 Å². The molecule has 0 N–H and O–H groups in total. The summed E-state index contributed by atoms with van der Waals surface area (Å²) in [5.74, 6) is 3.53. The second kappa shape index (κ2) is 10.5. The van der Waals surface area contributed by atoms with Gasteiger partial charge in [0.15, 0.2) is 0 Å². The van der Waals surface area contributed by atoms with Gasteiger partial charge in [0.1, 0.15) is 5.84 Å². The van der Waals surface area contributed by atoms with Gasteiger partial charge in [-0.25, -0.2) is 0 Å². The summed E-state index contributed by atoms with van der Waals surface area (Å²) in [6.07, 6.45) is 8.34. The number of fused-ring (bicyclic) bond motifs is 5. The number of nitrogens with zero attached hydrogens (tertiary/aromatic N) is 4. The second-order valence-corrected chi connectivity index (χ2v) is 12.6. The SMILES string of the molecule is C/C(=N\Sc1ccccc1)N1CCN(C[C@@H]2CCCC[C@H]2CN2C(=O)[C@@H]3[C@@H]4CC[C@H](C4)[C@@H]3C2=O)CC1. The Bertz CT molecular complexity index is 964. The van der Waals surface area contributed by atoms with E-state index in [9.17, 15) is 9.59 Å². The molecule has 3 aliphatic carbocycles. The summed E-state index contributed by atoms with van der Waals surface area (Å²) in [6.45, 7) is 8.03. The lowest BCUT2D eigenvalue weighted by Gasteiger charge is -2.41. The van der Waals surface area contributed by atoms with Crippen LogP contribution in [0, 0.1) is 35.5 Å². The fourth-order valence-electron chi connectivity index (χ4n) is 7.89. The molecule has 1 aromatic rings. The predicted octanol–water partition coefficient (Wildman–Crippen LogP) is 4.57. The Balaban J connectivity index is 1.02. The molecule has 5 fully saturated rings. The molecule has 2 heterocycles. The van der Waals surface area contributed by atoms with Crippen molar-refractivity contribution in [3.63, 3.8) is 0 Å². The van der Waals surface area contributed by atoms with E-state index < -0.39 is 0 Å². The van der Waals surface area contributed by atoms with E-state index in [-0.39, 0.29) is 23.7 Å². The van der Waals surface area contributed by atoms with Crippen LogP contribution < -0.4 is 0 Å². The van der Waals surface area contributed by atoms with E-state index in [2.05, 4.69) is 41.0 Å². The lowest BCUT2D eigenvalue weighted by atomic mass is 9.78. The van der Waals surface area contributed by atoms with Crippen molar-refractivity contribution >= 4 is 29.6 Å². The largest absolute Gasteiger partial charge is 0.357 e. The monoisotopic (exact) mass is 508 g/mol. The van der Waals surface area contributed by atoms with Crippen LogP contribution in [0.3, 0.4) is 0 Å². The number of amides is 2. The van der Waals surface area contributed by atoms with Gasteiger partial charge in [0.25, 0.3) is 0 Å². The Morgan fingerprint density at radius 3 is 2.11 bits per heavy atom. The number of piperazine rings is 1. The number of amidine groups is 1. The van der Waals surface area contributed by atoms with Crippen LogP contribution in [0.5, 0.6) is 0 Å². The number of carbonyl (C=O) groups excluding carboxylic acids is 2. The molecule has 6 nitrogen and oxygen atoms in total. The van der Waals surface area contributed by atoms with Crippen LogP contribution in [0.15, 0.2) is 39.6 Å². The number of hydrogen-bond acceptors (Lipinski definition) is 5. The third-order valence-corrected chi connectivity index (χ3v) is 10.7. The predicted molar refractivity (Wildman–Crippen MR) is 143 cm³/mol. The molecule has 0 radical (unpaired) electrons. The highest BCUT2D eigenvalue weighted by molar-refractivity contribution is 7.98. The molecule has 2 amide bonds. The van der Waals surface area contributed by atoms with Crippen LogP contribution in [-0.4, -0.2) is 71.6 Å². The van der Waals surface area contributed by atoms with Gasteiger partial charge >= 0.3 is 0 Å². The number of imide groups is 1. The highest BCUT2D eigenvalue weighted by Gasteiger charge is 2.61. The molecule has 6 atom stereocenters. The molecule has 2 saturated heterocycles. The molecular weight excluding hydrogens is 468 g/mol. The van der Waals surface area contributed by atoms with Gasteiger partial charge in [-0.15, -0.1) is 0 Å². The Morgan fingerprint density at radius 2 is 1.47 bits per heavy atom. The molecule has 3 saturated carbocycles.